The van der Waals surface area contributed by atoms with Crippen LogP contribution in [-0.4, -0.2) is 49.6 Å². The van der Waals surface area contributed by atoms with E-state index in [1.807, 2.05) is 17.9 Å². The van der Waals surface area contributed by atoms with E-state index < -0.39 is 0 Å². The number of nitrogens with one attached hydrogen (secondary N) is 1. The minimum absolute atomic E-state index is 0. The Morgan fingerprint density at radius 3 is 2.85 bits per heavy atom. The predicted octanol–water partition coefficient (Wildman–Crippen LogP) is 2.30. The minimum Gasteiger partial charge on any atom is -0.382 e. The van der Waals surface area contributed by atoms with Gasteiger partial charge in [0.25, 0.3) is 0 Å². The van der Waals surface area contributed by atoms with Crippen LogP contribution in [0, 0.1) is 0 Å². The topological polar surface area (TPSA) is 80.0 Å². The maximum absolute atomic E-state index is 12.3. The zero-order valence-electron chi connectivity index (χ0n) is 15.6. The van der Waals surface area contributed by atoms with Gasteiger partial charge in [0.2, 0.25) is 5.91 Å². The van der Waals surface area contributed by atoms with Crippen LogP contribution in [-0.2, 0) is 22.5 Å². The van der Waals surface area contributed by atoms with E-state index in [2.05, 4.69) is 28.5 Å². The van der Waals surface area contributed by atoms with Crippen LogP contribution in [0.5, 0.6) is 0 Å². The monoisotopic (exact) mass is 474 g/mol. The van der Waals surface area contributed by atoms with Gasteiger partial charge in [0, 0.05) is 45.8 Å². The Bertz CT molecular complexity index is 580. The fourth-order valence-electron chi connectivity index (χ4n) is 2.89. The van der Waals surface area contributed by atoms with E-state index in [0.717, 1.165) is 52.1 Å². The highest BCUT2D eigenvalue weighted by Crippen LogP contribution is 2.19. The van der Waals surface area contributed by atoms with Crippen molar-refractivity contribution in [1.29, 1.82) is 0 Å². The lowest BCUT2D eigenvalue weighted by molar-refractivity contribution is -0.132. The number of amides is 1. The van der Waals surface area contributed by atoms with E-state index in [1.54, 1.807) is 0 Å². The Hall–Kier alpha value is -1.35. The molecular weight excluding hydrogens is 443 g/mol. The number of benzene rings is 1. The van der Waals surface area contributed by atoms with Crippen molar-refractivity contribution in [2.45, 2.75) is 39.2 Å². The summed E-state index contributed by atoms with van der Waals surface area (Å²) in [7, 11) is 0. The smallest absolute Gasteiger partial charge is 0.222 e. The van der Waals surface area contributed by atoms with Crippen molar-refractivity contribution in [3.05, 3.63) is 35.4 Å². The molecule has 0 saturated carbocycles. The van der Waals surface area contributed by atoms with Crippen LogP contribution in [0.25, 0.3) is 0 Å². The van der Waals surface area contributed by atoms with Gasteiger partial charge in [-0.3, -0.25) is 9.79 Å². The highest BCUT2D eigenvalue weighted by atomic mass is 127. The van der Waals surface area contributed by atoms with Gasteiger partial charge in [-0.15, -0.1) is 24.0 Å². The molecule has 1 aromatic carbocycles. The lowest BCUT2D eigenvalue weighted by Gasteiger charge is -2.28. The number of ether oxygens (including phenoxy) is 1. The molecule has 1 amide bonds. The average Bonchev–Trinajstić information content (AvgIpc) is 2.64. The summed E-state index contributed by atoms with van der Waals surface area (Å²) < 4.78 is 5.26. The Kier molecular flexibility index (Phi) is 11.3. The lowest BCUT2D eigenvalue weighted by Crippen LogP contribution is -2.36. The Morgan fingerprint density at radius 1 is 1.31 bits per heavy atom. The van der Waals surface area contributed by atoms with Crippen molar-refractivity contribution in [3.63, 3.8) is 0 Å². The SMILES string of the molecule is CCOCCCNC(N)=NCCCC(=O)N1CCc2ccccc2C1.I. The summed E-state index contributed by atoms with van der Waals surface area (Å²) >= 11 is 0. The van der Waals surface area contributed by atoms with E-state index in [4.69, 9.17) is 10.5 Å². The molecule has 3 N–H and O–H groups in total. The van der Waals surface area contributed by atoms with E-state index in [1.165, 1.54) is 11.1 Å². The number of halogens is 1. The van der Waals surface area contributed by atoms with Gasteiger partial charge in [-0.2, -0.15) is 0 Å². The molecule has 2 rings (SSSR count). The zero-order chi connectivity index (χ0) is 17.9. The number of aliphatic imine (C=N–C) groups is 1. The number of nitrogens with zero attached hydrogens (tertiary/aromatic N) is 2. The molecule has 26 heavy (non-hydrogen) atoms. The van der Waals surface area contributed by atoms with Gasteiger partial charge in [0.15, 0.2) is 5.96 Å². The molecule has 0 saturated heterocycles. The Morgan fingerprint density at radius 2 is 2.08 bits per heavy atom. The van der Waals surface area contributed by atoms with Crippen LogP contribution in [0.2, 0.25) is 0 Å². The van der Waals surface area contributed by atoms with Crippen molar-refractivity contribution in [2.24, 2.45) is 10.7 Å². The summed E-state index contributed by atoms with van der Waals surface area (Å²) in [4.78, 5) is 18.6. The molecule has 6 nitrogen and oxygen atoms in total. The molecule has 0 unspecified atom stereocenters. The van der Waals surface area contributed by atoms with Crippen molar-refractivity contribution in [3.8, 4) is 0 Å². The fourth-order valence-corrected chi connectivity index (χ4v) is 2.89. The third-order valence-corrected chi connectivity index (χ3v) is 4.29. The number of guanidine groups is 1. The molecule has 146 valence electrons. The predicted molar refractivity (Wildman–Crippen MR) is 116 cm³/mol. The molecule has 0 radical (unpaired) electrons. The van der Waals surface area contributed by atoms with Crippen LogP contribution < -0.4 is 11.1 Å². The average molecular weight is 474 g/mol. The number of carbonyl (C=O) groups is 1. The van der Waals surface area contributed by atoms with Crippen LogP contribution in [0.3, 0.4) is 0 Å². The molecule has 0 atom stereocenters. The van der Waals surface area contributed by atoms with Crippen molar-refractivity contribution >= 4 is 35.8 Å². The quantitative estimate of drug-likeness (QED) is 0.249. The summed E-state index contributed by atoms with van der Waals surface area (Å²) in [5, 5.41) is 3.06. The first-order chi connectivity index (χ1) is 12.2. The van der Waals surface area contributed by atoms with Gasteiger partial charge in [-0.05, 0) is 37.3 Å². The maximum atomic E-state index is 12.3. The minimum atomic E-state index is 0. The summed E-state index contributed by atoms with van der Waals surface area (Å²) in [6, 6.07) is 8.35. The van der Waals surface area contributed by atoms with Gasteiger partial charge in [-0.25, -0.2) is 0 Å². The van der Waals surface area contributed by atoms with Crippen molar-refractivity contribution < 1.29 is 9.53 Å². The molecule has 1 aromatic rings. The molecule has 1 aliphatic rings. The second-order valence-corrected chi connectivity index (χ2v) is 6.18. The van der Waals surface area contributed by atoms with Gasteiger partial charge in [0.05, 0.1) is 0 Å². The van der Waals surface area contributed by atoms with Crippen molar-refractivity contribution in [1.82, 2.24) is 10.2 Å². The van der Waals surface area contributed by atoms with Gasteiger partial charge in [0.1, 0.15) is 0 Å². The first kappa shape index (κ1) is 22.7. The lowest BCUT2D eigenvalue weighted by atomic mass is 9.99. The summed E-state index contributed by atoms with van der Waals surface area (Å²) in [5.41, 5.74) is 8.43. The second-order valence-electron chi connectivity index (χ2n) is 6.18. The highest BCUT2D eigenvalue weighted by Gasteiger charge is 2.19. The third kappa shape index (κ3) is 7.90. The Labute approximate surface area is 173 Å². The third-order valence-electron chi connectivity index (χ3n) is 4.29. The number of carbonyl (C=O) groups excluding carboxylic acids is 1. The second kappa shape index (κ2) is 12.9. The molecule has 0 spiro atoms. The largest absolute Gasteiger partial charge is 0.382 e. The first-order valence-electron chi connectivity index (χ1n) is 9.16. The van der Waals surface area contributed by atoms with E-state index in [0.29, 0.717) is 18.9 Å². The number of hydrogen-bond acceptors (Lipinski definition) is 3. The standard InChI is InChI=1S/C19H30N4O2.HI/c1-2-25-14-6-12-22-19(20)21-11-5-9-18(24)23-13-10-16-7-3-4-8-17(16)15-23;/h3-4,7-8H,2,5-6,9-15H2,1H3,(H3,20,21,22);1H. The molecular formula is C19H31IN4O2. The first-order valence-corrected chi connectivity index (χ1v) is 9.16. The molecule has 7 heteroatoms. The molecule has 1 aliphatic heterocycles. The molecule has 0 aliphatic carbocycles. The number of fused-ring (bicyclic) bond motifs is 1. The van der Waals surface area contributed by atoms with Crippen molar-refractivity contribution in [2.75, 3.05) is 32.8 Å². The zero-order valence-corrected chi connectivity index (χ0v) is 17.9. The van der Waals surface area contributed by atoms with E-state index in [9.17, 15) is 4.79 Å². The summed E-state index contributed by atoms with van der Waals surface area (Å²) in [6.07, 6.45) is 3.08. The normalized spacial score (nSPS) is 13.7. The van der Waals surface area contributed by atoms with Crippen LogP contribution in [0.15, 0.2) is 29.3 Å². The van der Waals surface area contributed by atoms with Gasteiger partial charge < -0.3 is 20.7 Å². The number of rotatable bonds is 9. The van der Waals surface area contributed by atoms with Crippen LogP contribution in [0.1, 0.15) is 37.3 Å². The van der Waals surface area contributed by atoms with Gasteiger partial charge >= 0.3 is 0 Å². The molecule has 0 bridgehead atoms. The van der Waals surface area contributed by atoms with Crippen LogP contribution >= 0.6 is 24.0 Å². The fraction of sp³-hybridized carbons (Fsp3) is 0.579. The Balaban J connectivity index is 0.00000338. The summed E-state index contributed by atoms with van der Waals surface area (Å²) in [6.45, 7) is 6.30. The maximum Gasteiger partial charge on any atom is 0.222 e. The van der Waals surface area contributed by atoms with E-state index >= 15 is 0 Å². The molecule has 0 fully saturated rings. The summed E-state index contributed by atoms with van der Waals surface area (Å²) in [5.74, 6) is 0.642. The molecule has 0 aromatic heterocycles. The number of hydrogen-bond donors (Lipinski definition) is 2. The number of nitrogens with two attached hydrogens (primary N) is 1. The molecule has 1 heterocycles. The van der Waals surface area contributed by atoms with Crippen LogP contribution in [0.4, 0.5) is 0 Å². The highest BCUT2D eigenvalue weighted by molar-refractivity contribution is 14.0. The van der Waals surface area contributed by atoms with E-state index in [-0.39, 0.29) is 29.9 Å². The van der Waals surface area contributed by atoms with Gasteiger partial charge in [-0.1, -0.05) is 24.3 Å².